The fourth-order valence-electron chi connectivity index (χ4n) is 3.40. The third kappa shape index (κ3) is 3.90. The molecule has 0 radical (unpaired) electrons. The maximum Gasteiger partial charge on any atom is 0.329 e. The lowest BCUT2D eigenvalue weighted by molar-refractivity contribution is -0.150. The minimum Gasteiger partial charge on any atom is -0.479 e. The molecule has 2 rings (SSSR count). The van der Waals surface area contributed by atoms with Crippen molar-refractivity contribution in [1.82, 2.24) is 5.32 Å². The van der Waals surface area contributed by atoms with Crippen molar-refractivity contribution in [2.24, 2.45) is 5.92 Å². The predicted molar refractivity (Wildman–Crippen MR) is 95.4 cm³/mol. The fourth-order valence-corrected chi connectivity index (χ4v) is 3.52. The first-order valence-electron chi connectivity index (χ1n) is 8.02. The van der Waals surface area contributed by atoms with Crippen molar-refractivity contribution in [3.05, 3.63) is 41.9 Å². The molecule has 1 amide bonds. The van der Waals surface area contributed by atoms with Crippen LogP contribution in [0.4, 0.5) is 5.69 Å². The normalized spacial score (nSPS) is 19.6. The summed E-state index contributed by atoms with van der Waals surface area (Å²) in [6.07, 6.45) is 3.26. The molecule has 1 saturated heterocycles. The van der Waals surface area contributed by atoms with Gasteiger partial charge in [-0.3, -0.25) is 4.79 Å². The van der Waals surface area contributed by atoms with E-state index in [1.54, 1.807) is 6.08 Å². The molecule has 0 saturated carbocycles. The van der Waals surface area contributed by atoms with Crippen molar-refractivity contribution in [2.75, 3.05) is 18.0 Å². The highest BCUT2D eigenvalue weighted by atomic mass is 35.5. The molecular formula is C18H23ClN2O3. The fraction of sp³-hybridized carbons (Fsp3) is 0.444. The van der Waals surface area contributed by atoms with Crippen LogP contribution in [0, 0.1) is 5.92 Å². The third-order valence-corrected chi connectivity index (χ3v) is 4.85. The number of amides is 1. The Labute approximate surface area is 147 Å². The van der Waals surface area contributed by atoms with E-state index < -0.39 is 11.5 Å². The quantitative estimate of drug-likeness (QED) is 0.741. The molecule has 130 valence electrons. The molecule has 1 fully saturated rings. The molecular weight excluding hydrogens is 328 g/mol. The smallest absolute Gasteiger partial charge is 0.329 e. The molecule has 24 heavy (non-hydrogen) atoms. The van der Waals surface area contributed by atoms with E-state index in [0.29, 0.717) is 30.8 Å². The van der Waals surface area contributed by atoms with Gasteiger partial charge >= 0.3 is 5.97 Å². The summed E-state index contributed by atoms with van der Waals surface area (Å²) in [4.78, 5) is 25.8. The van der Waals surface area contributed by atoms with E-state index in [1.165, 1.54) is 6.92 Å². The molecule has 1 aliphatic rings. The molecule has 2 atom stereocenters. The lowest BCUT2D eigenvalue weighted by Gasteiger charge is -2.35. The maximum atomic E-state index is 12.1. The second-order valence-electron chi connectivity index (χ2n) is 6.19. The summed E-state index contributed by atoms with van der Waals surface area (Å²) in [6.45, 7) is 6.35. The van der Waals surface area contributed by atoms with Crippen LogP contribution >= 0.6 is 11.6 Å². The van der Waals surface area contributed by atoms with Gasteiger partial charge in [0, 0.05) is 36.6 Å². The highest BCUT2D eigenvalue weighted by Gasteiger charge is 2.48. The number of carboxylic acids is 1. The van der Waals surface area contributed by atoms with Gasteiger partial charge in [-0.25, -0.2) is 4.79 Å². The van der Waals surface area contributed by atoms with Gasteiger partial charge in [0.05, 0.1) is 0 Å². The minimum atomic E-state index is -1.26. The lowest BCUT2D eigenvalue weighted by atomic mass is 9.79. The summed E-state index contributed by atoms with van der Waals surface area (Å²) in [5.74, 6) is -1.48. The Hall–Kier alpha value is -2.01. The standard InChI is InChI=1S/C18H23ClN2O3/c1-3-4-10-18(17(23)24,20-13(2)22)14-9-11-21(12-14)16-7-5-15(19)6-8-16/h3,5-8,14H,1,4,9-12H2,2H3,(H,20,22)(H,23,24)/t14?,18-/m1/s1. The molecule has 0 aromatic heterocycles. The molecule has 1 unspecified atom stereocenters. The summed E-state index contributed by atoms with van der Waals surface area (Å²) >= 11 is 5.92. The maximum absolute atomic E-state index is 12.1. The van der Waals surface area contributed by atoms with Crippen LogP contribution in [0.3, 0.4) is 0 Å². The first kappa shape index (κ1) is 18.3. The first-order chi connectivity index (χ1) is 11.4. The van der Waals surface area contributed by atoms with E-state index in [9.17, 15) is 14.7 Å². The van der Waals surface area contributed by atoms with E-state index in [-0.39, 0.29) is 11.8 Å². The molecule has 1 aromatic carbocycles. The lowest BCUT2D eigenvalue weighted by Crippen LogP contribution is -2.59. The van der Waals surface area contributed by atoms with E-state index in [0.717, 1.165) is 12.2 Å². The molecule has 6 heteroatoms. The van der Waals surface area contributed by atoms with E-state index in [1.807, 2.05) is 24.3 Å². The van der Waals surface area contributed by atoms with Crippen LogP contribution in [0.2, 0.25) is 5.02 Å². The Balaban J connectivity index is 2.23. The van der Waals surface area contributed by atoms with Gasteiger partial charge in [0.1, 0.15) is 5.54 Å². The van der Waals surface area contributed by atoms with Crippen LogP contribution in [-0.4, -0.2) is 35.6 Å². The molecule has 2 N–H and O–H groups in total. The van der Waals surface area contributed by atoms with Crippen LogP contribution in [0.1, 0.15) is 26.2 Å². The number of allylic oxidation sites excluding steroid dienone is 1. The molecule has 1 aliphatic heterocycles. The summed E-state index contributed by atoms with van der Waals surface area (Å²) in [5.41, 5.74) is -0.256. The topological polar surface area (TPSA) is 69.6 Å². The number of hydrogen-bond acceptors (Lipinski definition) is 3. The average Bonchev–Trinajstić information content (AvgIpc) is 3.02. The number of benzene rings is 1. The van der Waals surface area contributed by atoms with Crippen molar-refractivity contribution in [2.45, 2.75) is 31.7 Å². The number of anilines is 1. The molecule has 1 aromatic rings. The third-order valence-electron chi connectivity index (χ3n) is 4.60. The Morgan fingerprint density at radius 3 is 2.67 bits per heavy atom. The van der Waals surface area contributed by atoms with Gasteiger partial charge in [0.15, 0.2) is 0 Å². The number of halogens is 1. The molecule has 1 heterocycles. The van der Waals surface area contributed by atoms with Gasteiger partial charge in [-0.1, -0.05) is 17.7 Å². The van der Waals surface area contributed by atoms with Crippen LogP contribution < -0.4 is 10.2 Å². The second-order valence-corrected chi connectivity index (χ2v) is 6.63. The Kier molecular flexibility index (Phi) is 5.89. The highest BCUT2D eigenvalue weighted by molar-refractivity contribution is 6.30. The van der Waals surface area contributed by atoms with Crippen molar-refractivity contribution < 1.29 is 14.7 Å². The zero-order valence-corrected chi connectivity index (χ0v) is 14.6. The summed E-state index contributed by atoms with van der Waals surface area (Å²) in [5, 5.41) is 13.2. The van der Waals surface area contributed by atoms with Crippen molar-refractivity contribution >= 4 is 29.2 Å². The number of carbonyl (C=O) groups is 2. The first-order valence-corrected chi connectivity index (χ1v) is 8.40. The number of nitrogens with zero attached hydrogens (tertiary/aromatic N) is 1. The molecule has 0 spiro atoms. The number of rotatable bonds is 7. The van der Waals surface area contributed by atoms with Gasteiger partial charge in [0.2, 0.25) is 5.91 Å². The molecule has 0 bridgehead atoms. The van der Waals surface area contributed by atoms with Gasteiger partial charge in [-0.2, -0.15) is 0 Å². The van der Waals surface area contributed by atoms with Crippen molar-refractivity contribution in [3.8, 4) is 0 Å². The van der Waals surface area contributed by atoms with Crippen LogP contribution in [0.15, 0.2) is 36.9 Å². The highest BCUT2D eigenvalue weighted by Crippen LogP contribution is 2.34. The van der Waals surface area contributed by atoms with Crippen LogP contribution in [-0.2, 0) is 9.59 Å². The van der Waals surface area contributed by atoms with Gasteiger partial charge in [-0.15, -0.1) is 6.58 Å². The summed E-state index contributed by atoms with van der Waals surface area (Å²) in [6, 6.07) is 7.49. The van der Waals surface area contributed by atoms with Crippen molar-refractivity contribution in [1.29, 1.82) is 0 Å². The summed E-state index contributed by atoms with van der Waals surface area (Å²) in [7, 11) is 0. The monoisotopic (exact) mass is 350 g/mol. The number of carbonyl (C=O) groups excluding carboxylic acids is 1. The van der Waals surface area contributed by atoms with Crippen LogP contribution in [0.5, 0.6) is 0 Å². The van der Waals surface area contributed by atoms with E-state index >= 15 is 0 Å². The summed E-state index contributed by atoms with van der Waals surface area (Å²) < 4.78 is 0. The largest absolute Gasteiger partial charge is 0.479 e. The number of hydrogen-bond donors (Lipinski definition) is 2. The Morgan fingerprint density at radius 2 is 2.12 bits per heavy atom. The minimum absolute atomic E-state index is 0.172. The number of aliphatic carboxylic acids is 1. The molecule has 0 aliphatic carbocycles. The predicted octanol–water partition coefficient (Wildman–Crippen LogP) is 3.09. The Morgan fingerprint density at radius 1 is 1.46 bits per heavy atom. The second kappa shape index (κ2) is 7.71. The number of nitrogens with one attached hydrogen (secondary N) is 1. The SMILES string of the molecule is C=CCC[C@](NC(C)=O)(C(=O)O)C1CCN(c2ccc(Cl)cc2)C1. The molecule has 5 nitrogen and oxygen atoms in total. The Bertz CT molecular complexity index is 617. The van der Waals surface area contributed by atoms with E-state index in [2.05, 4.69) is 16.8 Å². The van der Waals surface area contributed by atoms with Gasteiger partial charge in [-0.05, 0) is 43.5 Å². The van der Waals surface area contributed by atoms with Gasteiger partial charge < -0.3 is 15.3 Å². The van der Waals surface area contributed by atoms with Crippen molar-refractivity contribution in [3.63, 3.8) is 0 Å². The number of carboxylic acid groups (broad SMARTS) is 1. The van der Waals surface area contributed by atoms with Crippen LogP contribution in [0.25, 0.3) is 0 Å². The zero-order chi connectivity index (χ0) is 17.7. The average molecular weight is 351 g/mol. The van der Waals surface area contributed by atoms with Gasteiger partial charge in [0.25, 0.3) is 0 Å². The zero-order valence-electron chi connectivity index (χ0n) is 13.8. The van der Waals surface area contributed by atoms with E-state index in [4.69, 9.17) is 11.6 Å².